The number of halogens is 1. The van der Waals surface area contributed by atoms with Gasteiger partial charge in [0.2, 0.25) is 5.91 Å². The molecule has 4 rings (SSSR count). The van der Waals surface area contributed by atoms with Crippen molar-refractivity contribution in [1.29, 1.82) is 0 Å². The van der Waals surface area contributed by atoms with Crippen molar-refractivity contribution in [2.45, 2.75) is 39.5 Å². The molecule has 38 heavy (non-hydrogen) atoms. The maximum atomic E-state index is 13.3. The van der Waals surface area contributed by atoms with E-state index in [1.807, 2.05) is 85.8 Å². The van der Waals surface area contributed by atoms with Crippen LogP contribution in [0.2, 0.25) is 5.02 Å². The van der Waals surface area contributed by atoms with Crippen molar-refractivity contribution in [2.24, 2.45) is 0 Å². The molecule has 0 saturated carbocycles. The summed E-state index contributed by atoms with van der Waals surface area (Å²) in [5.41, 5.74) is 4.06. The van der Waals surface area contributed by atoms with Crippen molar-refractivity contribution in [3.8, 4) is 16.9 Å². The Bertz CT molecular complexity index is 1370. The second-order valence-corrected chi connectivity index (χ2v) is 9.63. The lowest BCUT2D eigenvalue weighted by atomic mass is 10.1. The summed E-state index contributed by atoms with van der Waals surface area (Å²) < 4.78 is 1.63. The molecule has 4 aromatic rings. The second-order valence-electron chi connectivity index (χ2n) is 9.22. The smallest absolute Gasteiger partial charge is 0.254 e. The molecule has 0 aliphatic rings. The zero-order chi connectivity index (χ0) is 26.9. The van der Waals surface area contributed by atoms with Crippen molar-refractivity contribution in [2.75, 3.05) is 18.4 Å². The molecule has 0 aliphatic carbocycles. The van der Waals surface area contributed by atoms with Gasteiger partial charge in [-0.15, -0.1) is 0 Å². The lowest BCUT2D eigenvalue weighted by molar-refractivity contribution is -0.116. The summed E-state index contributed by atoms with van der Waals surface area (Å²) >= 11 is 6.47. The maximum Gasteiger partial charge on any atom is 0.254 e. The summed E-state index contributed by atoms with van der Waals surface area (Å²) in [5, 5.41) is 8.20. The number of nitrogens with zero attached hydrogens (tertiary/aromatic N) is 3. The van der Waals surface area contributed by atoms with Gasteiger partial charge in [0.25, 0.3) is 5.91 Å². The molecule has 1 N–H and O–H groups in total. The standard InChI is InChI=1S/C31H33ClN4O2/c1-3-5-11-23-16-18-25(19-17-23)31(38)35(20-4-2)22-30(37)33-29-21-27(24-12-7-6-8-13-24)34-36(29)28-15-10-9-14-26(28)32/h6-10,12-19,21H,3-5,11,20,22H2,1-2H3,(H,33,37). The van der Waals surface area contributed by atoms with E-state index in [-0.39, 0.29) is 18.4 Å². The fourth-order valence-corrected chi connectivity index (χ4v) is 4.50. The number of hydrogen-bond acceptors (Lipinski definition) is 3. The van der Waals surface area contributed by atoms with E-state index in [1.54, 1.807) is 15.6 Å². The SMILES string of the molecule is CCCCc1ccc(C(=O)N(CCC)CC(=O)Nc2cc(-c3ccccc3)nn2-c2ccccc2Cl)cc1. The Kier molecular flexibility index (Phi) is 9.33. The third-order valence-electron chi connectivity index (χ3n) is 6.26. The van der Waals surface area contributed by atoms with Gasteiger partial charge in [-0.05, 0) is 49.1 Å². The molecule has 0 saturated heterocycles. The van der Waals surface area contributed by atoms with Gasteiger partial charge in [0.05, 0.1) is 16.4 Å². The molecule has 0 unspecified atom stereocenters. The van der Waals surface area contributed by atoms with E-state index < -0.39 is 0 Å². The first-order valence-corrected chi connectivity index (χ1v) is 13.5. The number of benzene rings is 3. The number of nitrogens with one attached hydrogen (secondary N) is 1. The molecule has 196 valence electrons. The Morgan fingerprint density at radius 3 is 2.32 bits per heavy atom. The van der Waals surface area contributed by atoms with E-state index in [1.165, 1.54) is 5.56 Å². The van der Waals surface area contributed by atoms with Gasteiger partial charge in [-0.1, -0.05) is 86.5 Å². The monoisotopic (exact) mass is 528 g/mol. The molecule has 0 radical (unpaired) electrons. The van der Waals surface area contributed by atoms with Gasteiger partial charge in [-0.25, -0.2) is 4.68 Å². The maximum absolute atomic E-state index is 13.3. The fraction of sp³-hybridized carbons (Fsp3) is 0.258. The minimum Gasteiger partial charge on any atom is -0.329 e. The molecule has 3 aromatic carbocycles. The van der Waals surface area contributed by atoms with E-state index in [0.29, 0.717) is 34.3 Å². The molecule has 0 fully saturated rings. The third kappa shape index (κ3) is 6.69. The molecule has 0 bridgehead atoms. The van der Waals surface area contributed by atoms with Gasteiger partial charge in [0.15, 0.2) is 0 Å². The number of rotatable bonds is 11. The average molecular weight is 529 g/mol. The first-order chi connectivity index (χ1) is 18.5. The minimum atomic E-state index is -0.306. The van der Waals surface area contributed by atoms with Crippen LogP contribution in [0.5, 0.6) is 0 Å². The Morgan fingerprint density at radius 2 is 1.63 bits per heavy atom. The Morgan fingerprint density at radius 1 is 0.921 bits per heavy atom. The van der Waals surface area contributed by atoms with E-state index in [9.17, 15) is 9.59 Å². The first-order valence-electron chi connectivity index (χ1n) is 13.1. The van der Waals surface area contributed by atoms with E-state index >= 15 is 0 Å². The quantitative estimate of drug-likeness (QED) is 0.227. The fourth-order valence-electron chi connectivity index (χ4n) is 4.28. The number of aryl methyl sites for hydroxylation is 1. The molecular formula is C31H33ClN4O2. The van der Waals surface area contributed by atoms with Crippen LogP contribution in [0.15, 0.2) is 84.9 Å². The summed E-state index contributed by atoms with van der Waals surface area (Å²) in [5.74, 6) is 0.0129. The van der Waals surface area contributed by atoms with Crippen molar-refractivity contribution >= 4 is 29.2 Å². The summed E-state index contributed by atoms with van der Waals surface area (Å²) in [6.07, 6.45) is 3.98. The predicted molar refractivity (Wildman–Crippen MR) is 154 cm³/mol. The topological polar surface area (TPSA) is 67.2 Å². The Labute approximate surface area is 229 Å². The Hall–Kier alpha value is -3.90. The van der Waals surface area contributed by atoms with Gasteiger partial charge < -0.3 is 10.2 Å². The van der Waals surface area contributed by atoms with Gasteiger partial charge >= 0.3 is 0 Å². The number of para-hydroxylation sites is 1. The van der Waals surface area contributed by atoms with E-state index in [2.05, 4.69) is 12.2 Å². The molecule has 0 atom stereocenters. The number of hydrogen-bond donors (Lipinski definition) is 1. The summed E-state index contributed by atoms with van der Waals surface area (Å²) in [6, 6.07) is 26.6. The summed E-state index contributed by atoms with van der Waals surface area (Å²) in [6.45, 7) is 4.56. The first kappa shape index (κ1) is 27.1. The van der Waals surface area contributed by atoms with Crippen LogP contribution in [0.25, 0.3) is 16.9 Å². The second kappa shape index (κ2) is 13.1. The van der Waals surface area contributed by atoms with Crippen LogP contribution in [0.1, 0.15) is 49.0 Å². The minimum absolute atomic E-state index is 0.0708. The molecule has 0 aliphatic heterocycles. The number of anilines is 1. The van der Waals surface area contributed by atoms with Gasteiger partial charge in [0, 0.05) is 23.7 Å². The largest absolute Gasteiger partial charge is 0.329 e. The van der Waals surface area contributed by atoms with Crippen LogP contribution < -0.4 is 5.32 Å². The zero-order valence-electron chi connectivity index (χ0n) is 21.9. The van der Waals surface area contributed by atoms with Crippen LogP contribution in [0, 0.1) is 0 Å². The van der Waals surface area contributed by atoms with Crippen LogP contribution in [-0.2, 0) is 11.2 Å². The highest BCUT2D eigenvalue weighted by molar-refractivity contribution is 6.32. The molecule has 1 heterocycles. The van der Waals surface area contributed by atoms with E-state index in [0.717, 1.165) is 31.2 Å². The number of aromatic nitrogens is 2. The van der Waals surface area contributed by atoms with Crippen LogP contribution in [-0.4, -0.2) is 39.6 Å². The van der Waals surface area contributed by atoms with Crippen molar-refractivity contribution in [1.82, 2.24) is 14.7 Å². The van der Waals surface area contributed by atoms with Gasteiger partial charge in [0.1, 0.15) is 12.4 Å². The normalized spacial score (nSPS) is 10.8. The highest BCUT2D eigenvalue weighted by atomic mass is 35.5. The molecule has 7 heteroatoms. The van der Waals surface area contributed by atoms with Crippen LogP contribution in [0.3, 0.4) is 0 Å². The number of carbonyl (C=O) groups is 2. The van der Waals surface area contributed by atoms with Crippen LogP contribution >= 0.6 is 11.6 Å². The average Bonchev–Trinajstić information content (AvgIpc) is 3.35. The molecule has 2 amide bonds. The summed E-state index contributed by atoms with van der Waals surface area (Å²) in [7, 11) is 0. The predicted octanol–water partition coefficient (Wildman–Crippen LogP) is 7.03. The van der Waals surface area contributed by atoms with E-state index in [4.69, 9.17) is 16.7 Å². The molecule has 1 aromatic heterocycles. The lowest BCUT2D eigenvalue weighted by Gasteiger charge is -2.22. The van der Waals surface area contributed by atoms with Crippen molar-refractivity contribution in [3.63, 3.8) is 0 Å². The van der Waals surface area contributed by atoms with Gasteiger partial charge in [-0.3, -0.25) is 9.59 Å². The number of amides is 2. The number of unbranched alkanes of at least 4 members (excludes halogenated alkanes) is 1. The highest BCUT2D eigenvalue weighted by Crippen LogP contribution is 2.28. The molecule has 0 spiro atoms. The number of carbonyl (C=O) groups excluding carboxylic acids is 2. The van der Waals surface area contributed by atoms with Crippen molar-refractivity contribution < 1.29 is 9.59 Å². The third-order valence-corrected chi connectivity index (χ3v) is 6.58. The van der Waals surface area contributed by atoms with Crippen molar-refractivity contribution in [3.05, 3.63) is 101 Å². The summed E-state index contributed by atoms with van der Waals surface area (Å²) in [4.78, 5) is 28.1. The Balaban J connectivity index is 1.55. The van der Waals surface area contributed by atoms with Crippen LogP contribution in [0.4, 0.5) is 5.82 Å². The molecular weight excluding hydrogens is 496 g/mol. The van der Waals surface area contributed by atoms with Gasteiger partial charge in [-0.2, -0.15) is 5.10 Å². The molecule has 6 nitrogen and oxygen atoms in total. The lowest BCUT2D eigenvalue weighted by Crippen LogP contribution is -2.38. The zero-order valence-corrected chi connectivity index (χ0v) is 22.6. The highest BCUT2D eigenvalue weighted by Gasteiger charge is 2.21.